The van der Waals surface area contributed by atoms with Crippen LogP contribution in [0.3, 0.4) is 0 Å². The molecule has 166 valence electrons. The molecule has 1 aromatic rings. The van der Waals surface area contributed by atoms with Crippen molar-refractivity contribution in [2.24, 2.45) is 17.3 Å². The van der Waals surface area contributed by atoms with Crippen LogP contribution in [0.5, 0.6) is 0 Å². The smallest absolute Gasteiger partial charge is 0.0425 e. The number of rotatable bonds is 8. The summed E-state index contributed by atoms with van der Waals surface area (Å²) in [5.41, 5.74) is 6.30. The lowest BCUT2D eigenvalue weighted by molar-refractivity contribution is 0.292. The molecule has 31 heavy (non-hydrogen) atoms. The van der Waals surface area contributed by atoms with Crippen molar-refractivity contribution in [3.63, 3.8) is 0 Å². The van der Waals surface area contributed by atoms with Crippen molar-refractivity contribution >= 4 is 0 Å². The Labute approximate surface area is 189 Å². The number of aryl methyl sites for hydroxylation is 2. The Hall–Kier alpha value is -1.80. The summed E-state index contributed by atoms with van der Waals surface area (Å²) >= 11 is 0. The monoisotopic (exact) mass is 416 g/mol. The highest BCUT2D eigenvalue weighted by Gasteiger charge is 2.49. The van der Waals surface area contributed by atoms with Gasteiger partial charge in [0.1, 0.15) is 0 Å². The van der Waals surface area contributed by atoms with Crippen LogP contribution in [0.4, 0.5) is 0 Å². The summed E-state index contributed by atoms with van der Waals surface area (Å²) in [6.45, 7) is 10.6. The summed E-state index contributed by atoms with van der Waals surface area (Å²) in [7, 11) is 0. The molecule has 2 nitrogen and oxygen atoms in total. The predicted molar refractivity (Wildman–Crippen MR) is 131 cm³/mol. The Kier molecular flexibility index (Phi) is 6.10. The SMILES string of the molecule is C=C(NC(Cc1ccc2c(c1)CCCC2)CN1CCCC1)C1CC1C1(C)C=CC=CC1. The minimum Gasteiger partial charge on any atom is -0.384 e. The van der Waals surface area contributed by atoms with E-state index >= 15 is 0 Å². The zero-order chi connectivity index (χ0) is 21.3. The average Bonchev–Trinajstić information content (AvgIpc) is 3.45. The van der Waals surface area contributed by atoms with Crippen LogP contribution in [0, 0.1) is 17.3 Å². The van der Waals surface area contributed by atoms with Gasteiger partial charge >= 0.3 is 0 Å². The molecule has 1 saturated heterocycles. The zero-order valence-electron chi connectivity index (χ0n) is 19.4. The van der Waals surface area contributed by atoms with Crippen molar-refractivity contribution in [2.75, 3.05) is 19.6 Å². The van der Waals surface area contributed by atoms with Crippen molar-refractivity contribution in [1.82, 2.24) is 10.2 Å². The van der Waals surface area contributed by atoms with E-state index in [0.717, 1.165) is 18.9 Å². The fourth-order valence-corrected chi connectivity index (χ4v) is 6.33. The molecule has 1 saturated carbocycles. The second kappa shape index (κ2) is 8.98. The van der Waals surface area contributed by atoms with Gasteiger partial charge in [-0.25, -0.2) is 0 Å². The maximum Gasteiger partial charge on any atom is 0.0425 e. The predicted octanol–water partition coefficient (Wildman–Crippen LogP) is 5.83. The highest BCUT2D eigenvalue weighted by molar-refractivity contribution is 5.34. The van der Waals surface area contributed by atoms with Crippen LogP contribution in [0.1, 0.15) is 62.1 Å². The van der Waals surface area contributed by atoms with Crippen LogP contribution in [0.2, 0.25) is 0 Å². The summed E-state index contributed by atoms with van der Waals surface area (Å²) < 4.78 is 0. The zero-order valence-corrected chi connectivity index (χ0v) is 19.4. The first-order valence-electron chi connectivity index (χ1n) is 12.7. The van der Waals surface area contributed by atoms with Gasteiger partial charge in [-0.1, -0.05) is 56.0 Å². The van der Waals surface area contributed by atoms with Gasteiger partial charge in [0.15, 0.2) is 0 Å². The van der Waals surface area contributed by atoms with Crippen LogP contribution in [0.25, 0.3) is 0 Å². The van der Waals surface area contributed by atoms with Gasteiger partial charge < -0.3 is 10.2 Å². The summed E-state index contributed by atoms with van der Waals surface area (Å²) in [6.07, 6.45) is 20.7. The van der Waals surface area contributed by atoms with Gasteiger partial charge in [0.05, 0.1) is 0 Å². The molecule has 4 unspecified atom stereocenters. The van der Waals surface area contributed by atoms with Gasteiger partial charge in [-0.15, -0.1) is 0 Å². The molecule has 5 rings (SSSR count). The first-order valence-corrected chi connectivity index (χ1v) is 12.7. The van der Waals surface area contributed by atoms with Gasteiger partial charge in [0, 0.05) is 24.2 Å². The van der Waals surface area contributed by atoms with E-state index in [0.29, 0.717) is 17.4 Å². The first kappa shape index (κ1) is 21.1. The van der Waals surface area contributed by atoms with E-state index in [4.69, 9.17) is 0 Å². The minimum atomic E-state index is 0.312. The average molecular weight is 417 g/mol. The summed E-state index contributed by atoms with van der Waals surface area (Å²) in [6, 6.07) is 7.77. The maximum atomic E-state index is 4.55. The first-order chi connectivity index (χ1) is 15.1. The fraction of sp³-hybridized carbons (Fsp3) is 0.586. The number of benzene rings is 1. The lowest BCUT2D eigenvalue weighted by Crippen LogP contribution is -2.41. The number of allylic oxidation sites excluding steroid dienone is 5. The van der Waals surface area contributed by atoms with Crippen LogP contribution in [0.15, 0.2) is 54.8 Å². The van der Waals surface area contributed by atoms with E-state index < -0.39 is 0 Å². The Balaban J connectivity index is 1.25. The van der Waals surface area contributed by atoms with Crippen molar-refractivity contribution in [2.45, 2.75) is 70.8 Å². The molecule has 0 radical (unpaired) electrons. The van der Waals surface area contributed by atoms with Crippen LogP contribution in [-0.4, -0.2) is 30.6 Å². The molecule has 0 spiro atoms. The Morgan fingerprint density at radius 3 is 2.71 bits per heavy atom. The Bertz CT molecular complexity index is 859. The standard InChI is InChI=1S/C29H40N2/c1-22(27-20-28(27)29(2)14-6-3-7-15-29)30-26(21-31-16-8-9-17-31)19-23-12-13-24-10-4-5-11-25(24)18-23/h3,6-7,12-14,18,26-28,30H,1,4-5,8-11,15-17,19-21H2,2H3. The van der Waals surface area contributed by atoms with E-state index in [1.807, 2.05) is 0 Å². The molecule has 1 aliphatic heterocycles. The molecule has 1 aromatic carbocycles. The van der Waals surface area contributed by atoms with Crippen molar-refractivity contribution in [3.8, 4) is 0 Å². The van der Waals surface area contributed by atoms with Crippen molar-refractivity contribution in [1.29, 1.82) is 0 Å². The van der Waals surface area contributed by atoms with E-state index in [1.54, 1.807) is 11.1 Å². The summed E-state index contributed by atoms with van der Waals surface area (Å²) in [5.74, 6) is 1.37. The molecule has 1 N–H and O–H groups in total. The lowest BCUT2D eigenvalue weighted by Gasteiger charge is -2.29. The maximum absolute atomic E-state index is 4.55. The van der Waals surface area contributed by atoms with Gasteiger partial charge in [0.2, 0.25) is 0 Å². The third-order valence-electron chi connectivity index (χ3n) is 8.33. The minimum absolute atomic E-state index is 0.312. The fourth-order valence-electron chi connectivity index (χ4n) is 6.33. The molecule has 3 aliphatic carbocycles. The molecule has 0 bridgehead atoms. The topological polar surface area (TPSA) is 15.3 Å². The van der Waals surface area contributed by atoms with Crippen LogP contribution < -0.4 is 5.32 Å². The lowest BCUT2D eigenvalue weighted by atomic mass is 9.78. The summed E-state index contributed by atoms with van der Waals surface area (Å²) in [5, 5.41) is 3.94. The molecule has 2 fully saturated rings. The Morgan fingerprint density at radius 2 is 1.94 bits per heavy atom. The number of hydrogen-bond donors (Lipinski definition) is 1. The number of likely N-dealkylation sites (tertiary alicyclic amines) is 1. The van der Waals surface area contributed by atoms with E-state index in [2.05, 4.69) is 66.2 Å². The van der Waals surface area contributed by atoms with Crippen molar-refractivity contribution in [3.05, 3.63) is 71.5 Å². The van der Waals surface area contributed by atoms with E-state index in [9.17, 15) is 0 Å². The van der Waals surface area contributed by atoms with Crippen LogP contribution in [-0.2, 0) is 19.3 Å². The van der Waals surface area contributed by atoms with Gasteiger partial charge in [-0.05, 0) is 98.9 Å². The molecule has 2 heteroatoms. The largest absolute Gasteiger partial charge is 0.384 e. The van der Waals surface area contributed by atoms with Gasteiger partial charge in [-0.2, -0.15) is 0 Å². The van der Waals surface area contributed by atoms with Gasteiger partial charge in [0.25, 0.3) is 0 Å². The van der Waals surface area contributed by atoms with Crippen LogP contribution >= 0.6 is 0 Å². The molecular formula is C29H40N2. The summed E-state index contributed by atoms with van der Waals surface area (Å²) in [4.78, 5) is 2.66. The molecule has 0 amide bonds. The van der Waals surface area contributed by atoms with Gasteiger partial charge in [-0.3, -0.25) is 0 Å². The quantitative estimate of drug-likeness (QED) is 0.573. The molecule has 4 atom stereocenters. The number of nitrogens with one attached hydrogen (secondary N) is 1. The number of fused-ring (bicyclic) bond motifs is 1. The third kappa shape index (κ3) is 4.85. The molecule has 4 aliphatic rings. The highest BCUT2D eigenvalue weighted by Crippen LogP contribution is 2.56. The van der Waals surface area contributed by atoms with E-state index in [-0.39, 0.29) is 0 Å². The second-order valence-electron chi connectivity index (χ2n) is 10.8. The Morgan fingerprint density at radius 1 is 1.13 bits per heavy atom. The molecule has 1 heterocycles. The number of nitrogens with zero attached hydrogens (tertiary/aromatic N) is 1. The third-order valence-corrected chi connectivity index (χ3v) is 8.33. The second-order valence-corrected chi connectivity index (χ2v) is 10.8. The van der Waals surface area contributed by atoms with E-state index in [1.165, 1.54) is 75.7 Å². The highest BCUT2D eigenvalue weighted by atomic mass is 15.2. The van der Waals surface area contributed by atoms with Crippen molar-refractivity contribution < 1.29 is 0 Å². The molecule has 0 aromatic heterocycles. The normalized spacial score (nSPS) is 30.7. The molecular weight excluding hydrogens is 376 g/mol. The number of hydrogen-bond acceptors (Lipinski definition) is 2.